The van der Waals surface area contributed by atoms with E-state index in [1.165, 1.54) is 0 Å². The number of rotatable bonds is 7. The number of hydrogen-bond acceptors (Lipinski definition) is 4. The first-order valence-electron chi connectivity index (χ1n) is 5.71. The smallest absolute Gasteiger partial charge is 0.241 e. The number of hydrogen-bond donors (Lipinski definition) is 2. The molecular weight excluding hydrogens is 220 g/mol. The van der Waals surface area contributed by atoms with Crippen LogP contribution < -0.4 is 10.6 Å². The van der Waals surface area contributed by atoms with Crippen molar-refractivity contribution < 1.29 is 9.53 Å². The second kappa shape index (κ2) is 6.90. The maximum Gasteiger partial charge on any atom is 0.241 e. The Morgan fingerprint density at radius 3 is 3.06 bits per heavy atom. The normalized spacial score (nSPS) is 12.2. The van der Waals surface area contributed by atoms with Gasteiger partial charge in [0.05, 0.1) is 6.61 Å². The van der Waals surface area contributed by atoms with Gasteiger partial charge in [-0.15, -0.1) is 0 Å². The molecule has 0 aliphatic rings. The van der Waals surface area contributed by atoms with Crippen molar-refractivity contribution in [2.24, 2.45) is 0 Å². The topological polar surface area (TPSA) is 68.2 Å². The van der Waals surface area contributed by atoms with E-state index in [1.807, 2.05) is 19.9 Å². The lowest BCUT2D eigenvalue weighted by Gasteiger charge is -2.11. The third kappa shape index (κ3) is 4.86. The molecule has 0 aliphatic heterocycles. The third-order valence-corrected chi connectivity index (χ3v) is 2.13. The Labute approximate surface area is 101 Å². The Balaban J connectivity index is 2.45. The Kier molecular flexibility index (Phi) is 5.48. The molecule has 0 aliphatic carbocycles. The van der Waals surface area contributed by atoms with Gasteiger partial charge in [0.15, 0.2) is 0 Å². The summed E-state index contributed by atoms with van der Waals surface area (Å²) >= 11 is 0. The summed E-state index contributed by atoms with van der Waals surface area (Å²) in [6.07, 6.45) is 1.77. The Morgan fingerprint density at radius 1 is 1.65 bits per heavy atom. The van der Waals surface area contributed by atoms with Crippen LogP contribution in [0, 0.1) is 0 Å². The average Bonchev–Trinajstić information content (AvgIpc) is 2.66. The maximum absolute atomic E-state index is 11.3. The molecule has 1 amide bonds. The fourth-order valence-electron chi connectivity index (χ4n) is 1.47. The van der Waals surface area contributed by atoms with Crippen molar-refractivity contribution in [2.75, 3.05) is 25.6 Å². The Bertz CT molecular complexity index is 351. The van der Waals surface area contributed by atoms with Crippen LogP contribution in [0.1, 0.15) is 13.8 Å². The molecule has 0 aromatic carbocycles. The molecule has 0 saturated carbocycles. The third-order valence-electron chi connectivity index (χ3n) is 2.13. The summed E-state index contributed by atoms with van der Waals surface area (Å²) in [6, 6.07) is 2.03. The molecule has 1 rings (SSSR count). The number of nitrogens with zero attached hydrogens (tertiary/aromatic N) is 2. The van der Waals surface area contributed by atoms with E-state index < -0.39 is 0 Å². The lowest BCUT2D eigenvalue weighted by atomic mass is 10.3. The molecule has 96 valence electrons. The monoisotopic (exact) mass is 240 g/mol. The van der Waals surface area contributed by atoms with Crippen LogP contribution in [0.2, 0.25) is 0 Å². The van der Waals surface area contributed by atoms with Gasteiger partial charge in [-0.1, -0.05) is 0 Å². The minimum absolute atomic E-state index is 0.0351. The van der Waals surface area contributed by atoms with Gasteiger partial charge in [0.25, 0.3) is 0 Å². The van der Waals surface area contributed by atoms with E-state index in [4.69, 9.17) is 4.74 Å². The molecule has 0 radical (unpaired) electrons. The minimum Gasteiger partial charge on any atom is -0.383 e. The van der Waals surface area contributed by atoms with Gasteiger partial charge in [-0.25, -0.2) is 0 Å². The number of nitrogens with one attached hydrogen (secondary N) is 2. The van der Waals surface area contributed by atoms with Gasteiger partial charge in [-0.3, -0.25) is 9.48 Å². The van der Waals surface area contributed by atoms with Crippen molar-refractivity contribution in [3.8, 4) is 0 Å². The van der Waals surface area contributed by atoms with E-state index in [0.717, 1.165) is 5.82 Å². The lowest BCUT2D eigenvalue weighted by Crippen LogP contribution is -2.27. The predicted molar refractivity (Wildman–Crippen MR) is 65.9 cm³/mol. The SMILES string of the molecule is CCNC(=O)Cn1ccc(N[C@H](C)COC)n1. The van der Waals surface area contributed by atoms with Crippen molar-refractivity contribution in [1.82, 2.24) is 15.1 Å². The number of carbonyl (C=O) groups is 1. The molecule has 0 unspecified atom stereocenters. The fraction of sp³-hybridized carbons (Fsp3) is 0.636. The average molecular weight is 240 g/mol. The molecule has 0 bridgehead atoms. The van der Waals surface area contributed by atoms with Gasteiger partial charge < -0.3 is 15.4 Å². The number of ether oxygens (including phenoxy) is 1. The quantitative estimate of drug-likeness (QED) is 0.727. The number of amides is 1. The first-order chi connectivity index (χ1) is 8.15. The standard InChI is InChI=1S/C11H20N4O2/c1-4-12-11(16)7-15-6-5-10(14-15)13-9(2)8-17-3/h5-6,9H,4,7-8H2,1-3H3,(H,12,16)(H,13,14)/t9-/m1/s1. The zero-order chi connectivity index (χ0) is 12.7. The highest BCUT2D eigenvalue weighted by Gasteiger charge is 2.06. The second-order valence-corrected chi connectivity index (χ2v) is 3.85. The molecule has 6 nitrogen and oxygen atoms in total. The highest BCUT2D eigenvalue weighted by atomic mass is 16.5. The van der Waals surface area contributed by atoms with Crippen LogP contribution in [0.15, 0.2) is 12.3 Å². The van der Waals surface area contributed by atoms with Crippen molar-refractivity contribution in [3.05, 3.63) is 12.3 Å². The van der Waals surface area contributed by atoms with Crippen molar-refractivity contribution in [2.45, 2.75) is 26.4 Å². The number of methoxy groups -OCH3 is 1. The molecule has 0 saturated heterocycles. The van der Waals surface area contributed by atoms with Crippen LogP contribution in [0.4, 0.5) is 5.82 Å². The van der Waals surface area contributed by atoms with Crippen molar-refractivity contribution in [3.63, 3.8) is 0 Å². The van der Waals surface area contributed by atoms with Gasteiger partial charge in [-0.2, -0.15) is 5.10 Å². The Morgan fingerprint density at radius 2 is 2.41 bits per heavy atom. The largest absolute Gasteiger partial charge is 0.383 e. The minimum atomic E-state index is -0.0351. The molecule has 0 spiro atoms. The molecule has 1 heterocycles. The molecule has 1 atom stereocenters. The second-order valence-electron chi connectivity index (χ2n) is 3.85. The molecule has 0 fully saturated rings. The van der Waals surface area contributed by atoms with Crippen LogP contribution in [-0.2, 0) is 16.1 Å². The molecule has 1 aromatic rings. The zero-order valence-electron chi connectivity index (χ0n) is 10.6. The van der Waals surface area contributed by atoms with E-state index in [-0.39, 0.29) is 18.5 Å². The molecule has 17 heavy (non-hydrogen) atoms. The first kappa shape index (κ1) is 13.5. The molecule has 1 aromatic heterocycles. The van der Waals surface area contributed by atoms with Crippen LogP contribution in [0.5, 0.6) is 0 Å². The van der Waals surface area contributed by atoms with Crippen LogP contribution >= 0.6 is 0 Å². The van der Waals surface area contributed by atoms with E-state index in [0.29, 0.717) is 13.2 Å². The van der Waals surface area contributed by atoms with Crippen LogP contribution in [0.25, 0.3) is 0 Å². The van der Waals surface area contributed by atoms with Gasteiger partial charge in [0, 0.05) is 32.0 Å². The summed E-state index contributed by atoms with van der Waals surface area (Å²) in [5, 5.41) is 10.1. The summed E-state index contributed by atoms with van der Waals surface area (Å²) in [5.74, 6) is 0.714. The van der Waals surface area contributed by atoms with Crippen molar-refractivity contribution in [1.29, 1.82) is 0 Å². The van der Waals surface area contributed by atoms with E-state index >= 15 is 0 Å². The number of aromatic nitrogens is 2. The van der Waals surface area contributed by atoms with E-state index in [2.05, 4.69) is 15.7 Å². The summed E-state index contributed by atoms with van der Waals surface area (Å²) in [5.41, 5.74) is 0. The van der Waals surface area contributed by atoms with Crippen LogP contribution in [-0.4, -0.2) is 42.0 Å². The summed E-state index contributed by atoms with van der Waals surface area (Å²) < 4.78 is 6.62. The predicted octanol–water partition coefficient (Wildman–Crippen LogP) is 0.466. The lowest BCUT2D eigenvalue weighted by molar-refractivity contribution is -0.121. The van der Waals surface area contributed by atoms with Gasteiger partial charge >= 0.3 is 0 Å². The van der Waals surface area contributed by atoms with Crippen molar-refractivity contribution >= 4 is 11.7 Å². The maximum atomic E-state index is 11.3. The number of anilines is 1. The first-order valence-corrected chi connectivity index (χ1v) is 5.71. The van der Waals surface area contributed by atoms with Gasteiger partial charge in [0.1, 0.15) is 12.4 Å². The number of likely N-dealkylation sites (N-methyl/N-ethyl adjacent to an activating group) is 1. The highest BCUT2D eigenvalue weighted by molar-refractivity contribution is 5.75. The molecule has 2 N–H and O–H groups in total. The molecule has 6 heteroatoms. The van der Waals surface area contributed by atoms with E-state index in [9.17, 15) is 4.79 Å². The van der Waals surface area contributed by atoms with E-state index in [1.54, 1.807) is 18.0 Å². The summed E-state index contributed by atoms with van der Waals surface area (Å²) in [4.78, 5) is 11.3. The van der Waals surface area contributed by atoms with Gasteiger partial charge in [0.2, 0.25) is 5.91 Å². The zero-order valence-corrected chi connectivity index (χ0v) is 10.6. The highest BCUT2D eigenvalue weighted by Crippen LogP contribution is 2.04. The molecular formula is C11H20N4O2. The van der Waals surface area contributed by atoms with Gasteiger partial charge in [-0.05, 0) is 13.8 Å². The fourth-order valence-corrected chi connectivity index (χ4v) is 1.47. The summed E-state index contributed by atoms with van der Waals surface area (Å²) in [6.45, 7) is 5.39. The number of carbonyl (C=O) groups excluding carboxylic acids is 1. The summed E-state index contributed by atoms with van der Waals surface area (Å²) in [7, 11) is 1.66. The van der Waals surface area contributed by atoms with Crippen LogP contribution in [0.3, 0.4) is 0 Å². The Hall–Kier alpha value is -1.56.